The van der Waals surface area contributed by atoms with Crippen LogP contribution in [0.3, 0.4) is 0 Å². The maximum atomic E-state index is 12.6. The van der Waals surface area contributed by atoms with Gasteiger partial charge in [-0.25, -0.2) is 10.4 Å². The first kappa shape index (κ1) is 23.8. The summed E-state index contributed by atoms with van der Waals surface area (Å²) in [6.45, 7) is 1.58. The van der Waals surface area contributed by atoms with E-state index in [0.717, 1.165) is 5.56 Å². The van der Waals surface area contributed by atoms with Gasteiger partial charge in [0.15, 0.2) is 6.61 Å². The topological polar surface area (TPSA) is 106 Å². The van der Waals surface area contributed by atoms with Crippen LogP contribution >= 0.6 is 11.6 Å². The molecule has 0 spiro atoms. The van der Waals surface area contributed by atoms with Crippen LogP contribution in [0.5, 0.6) is 11.5 Å². The van der Waals surface area contributed by atoms with Gasteiger partial charge in [-0.15, -0.1) is 0 Å². The molecule has 4 rings (SSSR count). The van der Waals surface area contributed by atoms with E-state index in [9.17, 15) is 9.59 Å². The fourth-order valence-corrected chi connectivity index (χ4v) is 3.52. The average molecular weight is 492 g/mol. The Morgan fingerprint density at radius 1 is 1.11 bits per heavy atom. The second-order valence-electron chi connectivity index (χ2n) is 7.43. The number of nitrogens with one attached hydrogen (secondary N) is 2. The van der Waals surface area contributed by atoms with Crippen molar-refractivity contribution in [3.8, 4) is 11.5 Å². The summed E-state index contributed by atoms with van der Waals surface area (Å²) in [6, 6.07) is 17.5. The fourth-order valence-electron chi connectivity index (χ4n) is 3.36. The van der Waals surface area contributed by atoms with Crippen molar-refractivity contribution < 1.29 is 19.1 Å². The minimum Gasteiger partial charge on any atom is -0.495 e. The molecular weight excluding hydrogens is 470 g/mol. The predicted octanol–water partition coefficient (Wildman–Crippen LogP) is 4.09. The molecule has 2 aromatic carbocycles. The van der Waals surface area contributed by atoms with Crippen LogP contribution in [0.2, 0.25) is 5.02 Å². The molecule has 0 saturated carbocycles. The summed E-state index contributed by atoms with van der Waals surface area (Å²) in [5.41, 5.74) is 5.35. The van der Waals surface area contributed by atoms with Crippen LogP contribution in [0.25, 0.3) is 5.65 Å². The van der Waals surface area contributed by atoms with Crippen molar-refractivity contribution in [2.75, 3.05) is 19.0 Å². The summed E-state index contributed by atoms with van der Waals surface area (Å²) in [6.07, 6.45) is 3.13. The van der Waals surface area contributed by atoms with E-state index in [4.69, 9.17) is 21.1 Å². The number of anilines is 1. The van der Waals surface area contributed by atoms with Crippen LogP contribution in [-0.4, -0.2) is 41.1 Å². The van der Waals surface area contributed by atoms with Crippen LogP contribution in [0.15, 0.2) is 72.0 Å². The third kappa shape index (κ3) is 5.77. The van der Waals surface area contributed by atoms with Crippen molar-refractivity contribution in [1.82, 2.24) is 14.8 Å². The summed E-state index contributed by atoms with van der Waals surface area (Å²) >= 11 is 6.04. The van der Waals surface area contributed by atoms with Gasteiger partial charge in [0, 0.05) is 6.20 Å². The van der Waals surface area contributed by atoms with Crippen molar-refractivity contribution in [3.63, 3.8) is 0 Å². The van der Waals surface area contributed by atoms with Gasteiger partial charge >= 0.3 is 0 Å². The Kier molecular flexibility index (Phi) is 7.27. The van der Waals surface area contributed by atoms with Gasteiger partial charge in [-0.3, -0.25) is 14.0 Å². The first-order valence-electron chi connectivity index (χ1n) is 10.6. The lowest BCUT2D eigenvalue weighted by atomic mass is 10.2. The van der Waals surface area contributed by atoms with E-state index in [1.807, 2.05) is 6.07 Å². The van der Waals surface area contributed by atoms with E-state index in [0.29, 0.717) is 39.2 Å². The second-order valence-corrected chi connectivity index (χ2v) is 7.86. The molecule has 0 bridgehead atoms. The van der Waals surface area contributed by atoms with E-state index >= 15 is 0 Å². The number of hydrogen-bond acceptors (Lipinski definition) is 6. The van der Waals surface area contributed by atoms with E-state index in [-0.39, 0.29) is 12.5 Å². The van der Waals surface area contributed by atoms with Crippen molar-refractivity contribution >= 4 is 41.0 Å². The Hall–Kier alpha value is -4.37. The Bertz CT molecular complexity index is 1400. The van der Waals surface area contributed by atoms with Gasteiger partial charge in [0.05, 0.1) is 29.7 Å². The summed E-state index contributed by atoms with van der Waals surface area (Å²) in [5, 5.41) is 7.26. The van der Waals surface area contributed by atoms with Gasteiger partial charge in [-0.1, -0.05) is 23.7 Å². The third-order valence-corrected chi connectivity index (χ3v) is 5.21. The summed E-state index contributed by atoms with van der Waals surface area (Å²) in [7, 11) is 1.54. The van der Waals surface area contributed by atoms with Gasteiger partial charge in [-0.05, 0) is 61.0 Å². The Labute approximate surface area is 206 Å². The molecule has 0 radical (unpaired) electrons. The highest BCUT2D eigenvalue weighted by Gasteiger charge is 2.16. The highest BCUT2D eigenvalue weighted by atomic mass is 35.5. The second kappa shape index (κ2) is 10.7. The van der Waals surface area contributed by atoms with E-state index in [1.165, 1.54) is 13.3 Å². The molecule has 2 amide bonds. The van der Waals surface area contributed by atoms with Gasteiger partial charge in [-0.2, -0.15) is 5.10 Å². The maximum Gasteiger partial charge on any atom is 0.290 e. The van der Waals surface area contributed by atoms with Gasteiger partial charge in [0.25, 0.3) is 11.8 Å². The highest BCUT2D eigenvalue weighted by Crippen LogP contribution is 2.23. The number of fused-ring (bicyclic) bond motifs is 1. The average Bonchev–Trinajstić information content (AvgIpc) is 3.18. The number of methoxy groups -OCH3 is 1. The Morgan fingerprint density at radius 3 is 2.66 bits per heavy atom. The standard InChI is InChI=1S/C25H22ClN5O4/c1-16-24(31-14-18(26)9-12-22(31)28-16)25(33)30-27-13-17-7-10-19(11-8-17)35-15-23(32)29-20-5-3-4-6-21(20)34-2/h3-14H,15H2,1-2H3,(H,29,32)(H,30,33)/b27-13-. The van der Waals surface area contributed by atoms with E-state index < -0.39 is 5.91 Å². The third-order valence-electron chi connectivity index (χ3n) is 4.98. The van der Waals surface area contributed by atoms with E-state index in [2.05, 4.69) is 20.8 Å². The molecule has 0 saturated heterocycles. The number of ether oxygens (including phenoxy) is 2. The molecule has 4 aromatic rings. The summed E-state index contributed by atoms with van der Waals surface area (Å²) in [5.74, 6) is 0.359. The fraction of sp³-hybridized carbons (Fsp3) is 0.120. The van der Waals surface area contributed by atoms with Gasteiger partial charge in [0.1, 0.15) is 22.8 Å². The number of aromatic nitrogens is 2. The quantitative estimate of drug-likeness (QED) is 0.285. The van der Waals surface area contributed by atoms with Crippen molar-refractivity contribution in [1.29, 1.82) is 0 Å². The lowest BCUT2D eigenvalue weighted by Crippen LogP contribution is -2.20. The number of aryl methyl sites for hydroxylation is 1. The number of pyridine rings is 1. The number of nitrogens with zero attached hydrogens (tertiary/aromatic N) is 3. The molecular formula is C25H22ClN5O4. The Morgan fingerprint density at radius 2 is 1.89 bits per heavy atom. The number of carbonyl (C=O) groups excluding carboxylic acids is 2. The lowest BCUT2D eigenvalue weighted by Gasteiger charge is -2.10. The number of hydrogen-bond donors (Lipinski definition) is 2. The molecule has 0 unspecified atom stereocenters. The number of hydrazone groups is 1. The van der Waals surface area contributed by atoms with Crippen LogP contribution in [0.4, 0.5) is 5.69 Å². The van der Waals surface area contributed by atoms with Crippen LogP contribution < -0.4 is 20.2 Å². The monoisotopic (exact) mass is 491 g/mol. The zero-order valence-corrected chi connectivity index (χ0v) is 19.7. The molecule has 0 atom stereocenters. The maximum absolute atomic E-state index is 12.6. The normalized spacial score (nSPS) is 10.9. The first-order valence-corrected chi connectivity index (χ1v) is 11.0. The summed E-state index contributed by atoms with van der Waals surface area (Å²) in [4.78, 5) is 29.2. The molecule has 2 N–H and O–H groups in total. The predicted molar refractivity (Wildman–Crippen MR) is 134 cm³/mol. The van der Waals surface area contributed by atoms with Crippen molar-refractivity contribution in [3.05, 3.63) is 88.8 Å². The molecule has 2 aromatic heterocycles. The molecule has 178 valence electrons. The minimum atomic E-state index is -0.408. The minimum absolute atomic E-state index is 0.162. The molecule has 2 heterocycles. The zero-order chi connectivity index (χ0) is 24.8. The van der Waals surface area contributed by atoms with Crippen molar-refractivity contribution in [2.24, 2.45) is 5.10 Å². The number of halogens is 1. The number of amides is 2. The number of rotatable bonds is 8. The number of imidazole rings is 1. The smallest absolute Gasteiger partial charge is 0.290 e. The van der Waals surface area contributed by atoms with Crippen LogP contribution in [-0.2, 0) is 4.79 Å². The molecule has 0 aliphatic rings. The van der Waals surface area contributed by atoms with Crippen LogP contribution in [0.1, 0.15) is 21.7 Å². The zero-order valence-electron chi connectivity index (χ0n) is 19.0. The number of benzene rings is 2. The van der Waals surface area contributed by atoms with Gasteiger partial charge in [0.2, 0.25) is 0 Å². The molecule has 0 fully saturated rings. The van der Waals surface area contributed by atoms with Gasteiger partial charge < -0.3 is 14.8 Å². The molecule has 9 nitrogen and oxygen atoms in total. The Balaban J connectivity index is 1.31. The molecule has 0 aliphatic carbocycles. The van der Waals surface area contributed by atoms with Crippen molar-refractivity contribution in [2.45, 2.75) is 6.92 Å². The first-order chi connectivity index (χ1) is 16.9. The number of carbonyl (C=O) groups is 2. The molecule has 35 heavy (non-hydrogen) atoms. The van der Waals surface area contributed by atoms with Crippen LogP contribution in [0, 0.1) is 6.92 Å². The molecule has 10 heteroatoms. The van der Waals surface area contributed by atoms with E-state index in [1.54, 1.807) is 72.1 Å². The lowest BCUT2D eigenvalue weighted by molar-refractivity contribution is -0.118. The summed E-state index contributed by atoms with van der Waals surface area (Å²) < 4.78 is 12.4. The largest absolute Gasteiger partial charge is 0.495 e. The number of para-hydroxylation sites is 2. The highest BCUT2D eigenvalue weighted by molar-refractivity contribution is 6.30. The molecule has 0 aliphatic heterocycles. The SMILES string of the molecule is COc1ccccc1NC(=O)COc1ccc(/C=N\NC(=O)c2c(C)nc3ccc(Cl)cn23)cc1.